The monoisotopic (exact) mass is 517 g/mol. The number of carboxylic acid groups (broad SMARTS) is 1. The molecule has 194 valence electrons. The number of para-hydroxylation sites is 1. The topological polar surface area (TPSA) is 81.6 Å². The van der Waals surface area contributed by atoms with Crippen molar-refractivity contribution in [3.8, 4) is 0 Å². The minimum atomic E-state index is -0.716. The highest BCUT2D eigenvalue weighted by molar-refractivity contribution is 7.99. The average molecular weight is 518 g/mol. The Morgan fingerprint density at radius 1 is 1.05 bits per heavy atom. The molecule has 2 aromatic carbocycles. The number of hydrogen-bond acceptors (Lipinski definition) is 7. The largest absolute Gasteiger partial charge is 0.481 e. The van der Waals surface area contributed by atoms with Crippen molar-refractivity contribution in [3.63, 3.8) is 0 Å². The van der Waals surface area contributed by atoms with Gasteiger partial charge in [0.1, 0.15) is 11.6 Å². The summed E-state index contributed by atoms with van der Waals surface area (Å²) in [5.74, 6) is 1.73. The molecule has 0 bridgehead atoms. The number of aliphatic carboxylic acids is 1. The number of rotatable bonds is 9. The van der Waals surface area contributed by atoms with Crippen molar-refractivity contribution in [1.29, 1.82) is 0 Å². The van der Waals surface area contributed by atoms with Crippen LogP contribution in [0.4, 0.5) is 11.5 Å². The fourth-order valence-corrected chi connectivity index (χ4v) is 6.21. The summed E-state index contributed by atoms with van der Waals surface area (Å²) in [4.78, 5) is 27.5. The van der Waals surface area contributed by atoms with Crippen molar-refractivity contribution >= 4 is 29.2 Å². The fraction of sp³-hybridized carbons (Fsp3) is 0.414. The number of likely N-dealkylation sites (tertiary alicyclic amines) is 1. The molecule has 0 amide bonds. The molecule has 1 atom stereocenters. The minimum absolute atomic E-state index is 0.155. The van der Waals surface area contributed by atoms with Gasteiger partial charge in [-0.25, -0.2) is 9.97 Å². The van der Waals surface area contributed by atoms with Crippen molar-refractivity contribution in [2.75, 3.05) is 42.9 Å². The van der Waals surface area contributed by atoms with E-state index in [2.05, 4.69) is 68.6 Å². The summed E-state index contributed by atoms with van der Waals surface area (Å²) in [6, 6.07) is 19.1. The molecule has 1 fully saturated rings. The van der Waals surface area contributed by atoms with Crippen molar-refractivity contribution in [2.24, 2.45) is 5.92 Å². The predicted octanol–water partition coefficient (Wildman–Crippen LogP) is 5.49. The molecule has 3 heterocycles. The van der Waals surface area contributed by atoms with Gasteiger partial charge in [-0.1, -0.05) is 42.1 Å². The molecule has 0 aliphatic carbocycles. The zero-order valence-corrected chi connectivity index (χ0v) is 22.2. The second-order valence-corrected chi connectivity index (χ2v) is 11.1. The van der Waals surface area contributed by atoms with Gasteiger partial charge in [-0.05, 0) is 69.5 Å². The van der Waals surface area contributed by atoms with E-state index < -0.39 is 5.97 Å². The molecule has 2 aliphatic heterocycles. The number of hydrogen-bond donors (Lipinski definition) is 2. The van der Waals surface area contributed by atoms with Gasteiger partial charge in [0.15, 0.2) is 0 Å². The predicted molar refractivity (Wildman–Crippen MR) is 148 cm³/mol. The van der Waals surface area contributed by atoms with Gasteiger partial charge < -0.3 is 20.2 Å². The summed E-state index contributed by atoms with van der Waals surface area (Å²) in [5, 5.41) is 12.8. The molecule has 7 nitrogen and oxygen atoms in total. The van der Waals surface area contributed by atoms with Crippen LogP contribution in [0.25, 0.3) is 0 Å². The van der Waals surface area contributed by atoms with Gasteiger partial charge in [0.2, 0.25) is 0 Å². The molecule has 2 aliphatic rings. The Bertz CT molecular complexity index is 1200. The van der Waals surface area contributed by atoms with Crippen LogP contribution in [0.5, 0.6) is 0 Å². The molecular formula is C29H35N5O2S. The summed E-state index contributed by atoms with van der Waals surface area (Å²) in [5.41, 5.74) is 2.30. The van der Waals surface area contributed by atoms with E-state index in [1.54, 1.807) is 11.8 Å². The first-order valence-corrected chi connectivity index (χ1v) is 14.0. The number of anilines is 2. The van der Waals surface area contributed by atoms with Crippen molar-refractivity contribution in [1.82, 2.24) is 14.9 Å². The van der Waals surface area contributed by atoms with E-state index in [1.807, 2.05) is 19.2 Å². The first-order valence-electron chi connectivity index (χ1n) is 13.2. The minimum Gasteiger partial charge on any atom is -0.481 e. The maximum Gasteiger partial charge on any atom is 0.304 e. The van der Waals surface area contributed by atoms with Crippen LogP contribution in [-0.2, 0) is 4.79 Å². The third kappa shape index (κ3) is 6.62. The van der Waals surface area contributed by atoms with E-state index in [-0.39, 0.29) is 12.5 Å². The Morgan fingerprint density at radius 3 is 2.59 bits per heavy atom. The van der Waals surface area contributed by atoms with Crippen LogP contribution in [-0.4, -0.2) is 58.7 Å². The van der Waals surface area contributed by atoms with Crippen LogP contribution in [0.2, 0.25) is 0 Å². The molecule has 3 aromatic rings. The van der Waals surface area contributed by atoms with Gasteiger partial charge in [-0.2, -0.15) is 0 Å². The number of nitrogens with one attached hydrogen (secondary N) is 1. The third-order valence-corrected chi connectivity index (χ3v) is 8.38. The molecule has 1 unspecified atom stereocenters. The van der Waals surface area contributed by atoms with Crippen molar-refractivity contribution in [2.45, 2.75) is 48.4 Å². The first-order chi connectivity index (χ1) is 18.0. The molecular weight excluding hydrogens is 482 g/mol. The Labute approximate surface area is 223 Å². The number of carbonyl (C=O) groups is 1. The van der Waals surface area contributed by atoms with Crippen LogP contribution in [0.15, 0.2) is 70.6 Å². The van der Waals surface area contributed by atoms with Crippen molar-refractivity contribution in [3.05, 3.63) is 72.2 Å². The Morgan fingerprint density at radius 2 is 1.81 bits per heavy atom. The van der Waals surface area contributed by atoms with Gasteiger partial charge in [0, 0.05) is 46.9 Å². The lowest BCUT2D eigenvalue weighted by molar-refractivity contribution is -0.137. The molecule has 8 heteroatoms. The Balaban J connectivity index is 1.27. The van der Waals surface area contributed by atoms with Crippen LogP contribution >= 0.6 is 11.8 Å². The van der Waals surface area contributed by atoms with Gasteiger partial charge >= 0.3 is 5.97 Å². The summed E-state index contributed by atoms with van der Waals surface area (Å²) < 4.78 is 0. The van der Waals surface area contributed by atoms with Crippen LogP contribution in [0, 0.1) is 12.8 Å². The highest BCUT2D eigenvalue weighted by Gasteiger charge is 2.30. The molecule has 0 radical (unpaired) electrons. The molecule has 0 saturated carbocycles. The standard InChI is InChI=1S/C29H35N5O2S/c1-21-30-19-24-25(32-26-9-5-6-10-27(26)37-23-7-3-2-4-8-23)13-18-34(29(24)31-21)20-22-11-15-33(16-12-22)17-14-28(35)36/h2-10,19,22,25,32H,11-18,20H2,1H3,(H,35,36). The van der Waals surface area contributed by atoms with Gasteiger partial charge in [-0.3, -0.25) is 4.79 Å². The molecule has 5 rings (SSSR count). The average Bonchev–Trinajstić information content (AvgIpc) is 2.91. The van der Waals surface area contributed by atoms with E-state index >= 15 is 0 Å². The van der Waals surface area contributed by atoms with E-state index in [0.717, 1.165) is 68.3 Å². The molecule has 0 spiro atoms. The summed E-state index contributed by atoms with van der Waals surface area (Å²) in [6.07, 6.45) is 5.41. The number of piperidine rings is 1. The Hall–Kier alpha value is -3.10. The van der Waals surface area contributed by atoms with Crippen LogP contribution in [0.1, 0.15) is 43.1 Å². The lowest BCUT2D eigenvalue weighted by atomic mass is 9.94. The molecule has 1 saturated heterocycles. The first kappa shape index (κ1) is 25.5. The van der Waals surface area contributed by atoms with Gasteiger partial charge in [0.25, 0.3) is 0 Å². The number of aromatic nitrogens is 2. The number of aryl methyl sites for hydroxylation is 1. The lowest BCUT2D eigenvalue weighted by Gasteiger charge is -2.39. The normalized spacial score (nSPS) is 18.4. The van der Waals surface area contributed by atoms with Gasteiger partial charge in [-0.15, -0.1) is 0 Å². The van der Waals surface area contributed by atoms with Crippen LogP contribution in [0.3, 0.4) is 0 Å². The molecule has 1 aromatic heterocycles. The van der Waals surface area contributed by atoms with E-state index in [4.69, 9.17) is 10.1 Å². The zero-order valence-electron chi connectivity index (χ0n) is 21.3. The second-order valence-electron chi connectivity index (χ2n) is 9.97. The van der Waals surface area contributed by atoms with E-state index in [0.29, 0.717) is 12.5 Å². The Kier molecular flexibility index (Phi) is 8.26. The SMILES string of the molecule is Cc1ncc2c(n1)N(CC1CCN(CCC(=O)O)CC1)CCC2Nc1ccccc1Sc1ccccc1. The fourth-order valence-electron chi connectivity index (χ4n) is 5.28. The molecule has 2 N–H and O–H groups in total. The second kappa shape index (κ2) is 12.0. The van der Waals surface area contributed by atoms with Crippen molar-refractivity contribution < 1.29 is 9.90 Å². The summed E-state index contributed by atoms with van der Waals surface area (Å²) >= 11 is 1.77. The number of carboxylic acids is 1. The lowest BCUT2D eigenvalue weighted by Crippen LogP contribution is -2.42. The smallest absolute Gasteiger partial charge is 0.304 e. The number of benzene rings is 2. The summed E-state index contributed by atoms with van der Waals surface area (Å²) in [6.45, 7) is 6.50. The highest BCUT2D eigenvalue weighted by atomic mass is 32.2. The number of fused-ring (bicyclic) bond motifs is 1. The highest BCUT2D eigenvalue weighted by Crippen LogP contribution is 2.39. The number of nitrogens with zero attached hydrogens (tertiary/aromatic N) is 4. The zero-order chi connectivity index (χ0) is 25.6. The van der Waals surface area contributed by atoms with Crippen LogP contribution < -0.4 is 10.2 Å². The van der Waals surface area contributed by atoms with E-state index in [1.165, 1.54) is 9.79 Å². The molecule has 37 heavy (non-hydrogen) atoms. The maximum atomic E-state index is 10.9. The quantitative estimate of drug-likeness (QED) is 0.386. The summed E-state index contributed by atoms with van der Waals surface area (Å²) in [7, 11) is 0. The maximum absolute atomic E-state index is 10.9. The van der Waals surface area contributed by atoms with E-state index in [9.17, 15) is 4.79 Å². The third-order valence-electron chi connectivity index (χ3n) is 7.29. The van der Waals surface area contributed by atoms with Gasteiger partial charge in [0.05, 0.1) is 12.5 Å².